The summed E-state index contributed by atoms with van der Waals surface area (Å²) >= 11 is 0. The third-order valence-corrected chi connectivity index (χ3v) is 9.53. The normalized spacial score (nSPS) is 19.4. The van der Waals surface area contributed by atoms with Crippen LogP contribution in [0.1, 0.15) is 72.1 Å². The number of ether oxygens (including phenoxy) is 2. The highest BCUT2D eigenvalue weighted by molar-refractivity contribution is 8.33. The van der Waals surface area contributed by atoms with E-state index in [0.717, 1.165) is 19.3 Å². The van der Waals surface area contributed by atoms with Crippen molar-refractivity contribution in [2.45, 2.75) is 83.2 Å². The van der Waals surface area contributed by atoms with E-state index in [1.807, 2.05) is 13.8 Å². The van der Waals surface area contributed by atoms with Gasteiger partial charge in [-0.15, -0.1) is 5.10 Å². The molecular weight excluding hydrogens is 444 g/mol. The number of hydrogen-bond donors (Lipinski definition) is 1. The first-order chi connectivity index (χ1) is 15.0. The molecule has 1 saturated carbocycles. The van der Waals surface area contributed by atoms with Gasteiger partial charge in [0.15, 0.2) is 5.82 Å². The van der Waals surface area contributed by atoms with Gasteiger partial charge in [0.05, 0.1) is 29.1 Å². The summed E-state index contributed by atoms with van der Waals surface area (Å²) in [6.45, 7) is 11.1. The molecule has 2 aliphatic rings. The molecule has 1 aliphatic heterocycles. The van der Waals surface area contributed by atoms with Crippen molar-refractivity contribution in [3.8, 4) is 0 Å². The molecule has 1 N–H and O–H groups in total. The molecule has 1 aliphatic carbocycles. The maximum absolute atomic E-state index is 13.5. The van der Waals surface area contributed by atoms with Crippen LogP contribution in [0.25, 0.3) is 0 Å². The van der Waals surface area contributed by atoms with Crippen molar-refractivity contribution in [1.82, 2.24) is 14.7 Å². The summed E-state index contributed by atoms with van der Waals surface area (Å²) in [6, 6.07) is 0. The number of anilines is 1. The van der Waals surface area contributed by atoms with Crippen LogP contribution in [0.3, 0.4) is 0 Å². The van der Waals surface area contributed by atoms with E-state index in [-0.39, 0.29) is 19.1 Å². The summed E-state index contributed by atoms with van der Waals surface area (Å²) in [5, 5.41) is 7.47. The molecule has 10 heteroatoms. The highest BCUT2D eigenvalue weighted by Gasteiger charge is 2.52. The Bertz CT molecular complexity index is 967. The van der Waals surface area contributed by atoms with Gasteiger partial charge in [-0.2, -0.15) is 4.68 Å². The van der Waals surface area contributed by atoms with E-state index in [2.05, 4.69) is 29.2 Å². The zero-order valence-electron chi connectivity index (χ0n) is 21.3. The number of amides is 2. The summed E-state index contributed by atoms with van der Waals surface area (Å²) in [6.07, 6.45) is 8.02. The standard InChI is InChI=1S/C23H38N4O5S/c1-10-31-20(30)27-16-15(14-26(22(16,5)6)19(29)32-21(2,3)4)17(25-27)24-18(28)23(12-11-13-23)33(7,8)9/h10-14H2,1-9H3,(H,24,25,28). The molecule has 9 nitrogen and oxygen atoms in total. The summed E-state index contributed by atoms with van der Waals surface area (Å²) in [5.74, 6) is 0.234. The maximum atomic E-state index is 13.5. The van der Waals surface area contributed by atoms with Crippen LogP contribution in [0.5, 0.6) is 0 Å². The first-order valence-electron chi connectivity index (χ1n) is 11.3. The van der Waals surface area contributed by atoms with Crippen molar-refractivity contribution in [3.63, 3.8) is 0 Å². The fourth-order valence-electron chi connectivity index (χ4n) is 4.58. The average molecular weight is 483 g/mol. The van der Waals surface area contributed by atoms with Crippen LogP contribution in [0, 0.1) is 0 Å². The third-order valence-electron chi connectivity index (χ3n) is 6.59. The lowest BCUT2D eigenvalue weighted by Gasteiger charge is -2.53. The quantitative estimate of drug-likeness (QED) is 0.681. The van der Waals surface area contributed by atoms with Gasteiger partial charge in [0.2, 0.25) is 5.91 Å². The maximum Gasteiger partial charge on any atom is 0.435 e. The molecule has 0 saturated heterocycles. The highest BCUT2D eigenvalue weighted by Crippen LogP contribution is 2.60. The fourth-order valence-corrected chi connectivity index (χ4v) is 6.70. The predicted molar refractivity (Wildman–Crippen MR) is 130 cm³/mol. The number of rotatable bonds is 4. The van der Waals surface area contributed by atoms with Crippen molar-refractivity contribution in [2.24, 2.45) is 0 Å². The number of fused-ring (bicyclic) bond motifs is 1. The Morgan fingerprint density at radius 3 is 2.18 bits per heavy atom. The molecule has 0 radical (unpaired) electrons. The molecule has 0 spiro atoms. The minimum atomic E-state index is -1.17. The van der Waals surface area contributed by atoms with E-state index in [1.54, 1.807) is 32.6 Å². The van der Waals surface area contributed by atoms with Gasteiger partial charge in [-0.25, -0.2) is 19.6 Å². The first kappa shape index (κ1) is 25.4. The minimum Gasteiger partial charge on any atom is -0.448 e. The van der Waals surface area contributed by atoms with Gasteiger partial charge in [-0.05, 0) is 79.6 Å². The van der Waals surface area contributed by atoms with Gasteiger partial charge in [0, 0.05) is 5.56 Å². The Hall–Kier alpha value is -2.23. The van der Waals surface area contributed by atoms with E-state index in [9.17, 15) is 14.4 Å². The van der Waals surface area contributed by atoms with Crippen molar-refractivity contribution in [1.29, 1.82) is 0 Å². The van der Waals surface area contributed by atoms with Crippen LogP contribution in [0.2, 0.25) is 0 Å². The van der Waals surface area contributed by atoms with Crippen molar-refractivity contribution >= 4 is 33.9 Å². The molecule has 186 valence electrons. The van der Waals surface area contributed by atoms with Crippen LogP contribution < -0.4 is 5.32 Å². The number of hydrogen-bond acceptors (Lipinski definition) is 6. The SMILES string of the molecule is CCOC(=O)n1nc(NC(=O)C2(S(C)(C)C)CCC2)c2c1C(C)(C)N(C(=O)OC(C)(C)C)C2. The third kappa shape index (κ3) is 4.34. The molecule has 0 aromatic carbocycles. The Morgan fingerprint density at radius 1 is 1.12 bits per heavy atom. The van der Waals surface area contributed by atoms with Crippen molar-refractivity contribution in [3.05, 3.63) is 11.3 Å². The summed E-state index contributed by atoms with van der Waals surface area (Å²) in [7, 11) is -1.17. The number of aromatic nitrogens is 2. The van der Waals surface area contributed by atoms with Crippen LogP contribution in [-0.2, 0) is 26.4 Å². The molecule has 1 aromatic heterocycles. The average Bonchev–Trinajstić information content (AvgIpc) is 3.07. The Labute approximate surface area is 197 Å². The molecule has 0 atom stereocenters. The second kappa shape index (κ2) is 8.21. The second-order valence-corrected chi connectivity index (χ2v) is 15.5. The molecule has 0 unspecified atom stereocenters. The van der Waals surface area contributed by atoms with Gasteiger partial charge in [0.25, 0.3) is 0 Å². The summed E-state index contributed by atoms with van der Waals surface area (Å²) < 4.78 is 11.6. The smallest absolute Gasteiger partial charge is 0.435 e. The van der Waals surface area contributed by atoms with E-state index in [4.69, 9.17) is 9.47 Å². The Morgan fingerprint density at radius 2 is 1.73 bits per heavy atom. The van der Waals surface area contributed by atoms with Crippen LogP contribution in [0.4, 0.5) is 15.4 Å². The molecule has 2 amide bonds. The summed E-state index contributed by atoms with van der Waals surface area (Å²) in [5.41, 5.74) is -0.416. The van der Waals surface area contributed by atoms with E-state index < -0.39 is 38.1 Å². The topological polar surface area (TPSA) is 103 Å². The van der Waals surface area contributed by atoms with Gasteiger partial charge in [-0.3, -0.25) is 9.69 Å². The zero-order valence-corrected chi connectivity index (χ0v) is 22.1. The molecule has 0 bridgehead atoms. The molecule has 1 fully saturated rings. The van der Waals surface area contributed by atoms with Crippen LogP contribution in [0.15, 0.2) is 0 Å². The number of nitrogens with zero attached hydrogens (tertiary/aromatic N) is 3. The lowest BCUT2D eigenvalue weighted by atomic mass is 9.83. The molecule has 33 heavy (non-hydrogen) atoms. The van der Waals surface area contributed by atoms with E-state index in [0.29, 0.717) is 17.1 Å². The first-order valence-corrected chi connectivity index (χ1v) is 14.2. The largest absolute Gasteiger partial charge is 0.448 e. The lowest BCUT2D eigenvalue weighted by molar-refractivity contribution is -0.120. The molecule has 2 heterocycles. The molecule has 1 aromatic rings. The number of carbonyl (C=O) groups excluding carboxylic acids is 3. The number of nitrogens with one attached hydrogen (secondary N) is 1. The van der Waals surface area contributed by atoms with Crippen molar-refractivity contribution in [2.75, 3.05) is 30.7 Å². The van der Waals surface area contributed by atoms with E-state index in [1.165, 1.54) is 4.68 Å². The predicted octanol–water partition coefficient (Wildman–Crippen LogP) is 4.43. The Balaban J connectivity index is 2.02. The summed E-state index contributed by atoms with van der Waals surface area (Å²) in [4.78, 5) is 40.8. The Kier molecular flexibility index (Phi) is 6.32. The van der Waals surface area contributed by atoms with Gasteiger partial charge < -0.3 is 14.8 Å². The monoisotopic (exact) mass is 482 g/mol. The second-order valence-electron chi connectivity index (χ2n) is 11.1. The van der Waals surface area contributed by atoms with Crippen LogP contribution in [-0.4, -0.2) is 68.5 Å². The van der Waals surface area contributed by atoms with Crippen molar-refractivity contribution < 1.29 is 23.9 Å². The van der Waals surface area contributed by atoms with Crippen LogP contribution >= 0.6 is 10.0 Å². The number of carbonyl (C=O) groups is 3. The molecule has 3 rings (SSSR count). The fraction of sp³-hybridized carbons (Fsp3) is 0.739. The van der Waals surface area contributed by atoms with Gasteiger partial charge in [-0.1, -0.05) is 0 Å². The van der Waals surface area contributed by atoms with Gasteiger partial charge in [0.1, 0.15) is 5.60 Å². The lowest BCUT2D eigenvalue weighted by Crippen LogP contribution is -2.51. The molecular formula is C23H38N4O5S. The van der Waals surface area contributed by atoms with E-state index >= 15 is 0 Å². The van der Waals surface area contributed by atoms with Gasteiger partial charge >= 0.3 is 12.2 Å². The minimum absolute atomic E-state index is 0.0684. The zero-order chi connectivity index (χ0) is 25.0. The highest BCUT2D eigenvalue weighted by atomic mass is 32.3.